The van der Waals surface area contributed by atoms with Crippen molar-refractivity contribution < 1.29 is 26.0 Å². The summed E-state index contributed by atoms with van der Waals surface area (Å²) in [6.45, 7) is 2.54. The Morgan fingerprint density at radius 3 is 2.52 bits per heavy atom. The smallest absolute Gasteiger partial charge is 0.243 e. The van der Waals surface area contributed by atoms with Crippen LogP contribution >= 0.6 is 0 Å². The van der Waals surface area contributed by atoms with Gasteiger partial charge in [0.2, 0.25) is 26.0 Å². The van der Waals surface area contributed by atoms with Gasteiger partial charge in [-0.05, 0) is 61.7 Å². The SMILES string of the molecule is CCCCNS(=O)(=O)c1cccc(NC(=O)C2CCCN(S(=O)(=O)c3ccc(F)cc3)C2)c1. The molecule has 0 spiro atoms. The lowest BCUT2D eigenvalue weighted by Gasteiger charge is -2.31. The summed E-state index contributed by atoms with van der Waals surface area (Å²) in [6, 6.07) is 10.5. The van der Waals surface area contributed by atoms with Gasteiger partial charge in [-0.3, -0.25) is 4.79 Å². The molecule has 0 aliphatic carbocycles. The Balaban J connectivity index is 1.69. The zero-order valence-corrected chi connectivity index (χ0v) is 20.0. The number of anilines is 1. The van der Waals surface area contributed by atoms with Crippen LogP contribution in [0.3, 0.4) is 0 Å². The van der Waals surface area contributed by atoms with Crippen molar-refractivity contribution in [2.45, 2.75) is 42.4 Å². The summed E-state index contributed by atoms with van der Waals surface area (Å²) >= 11 is 0. The fraction of sp³-hybridized carbons (Fsp3) is 0.409. The van der Waals surface area contributed by atoms with Crippen LogP contribution in [0.15, 0.2) is 58.3 Å². The summed E-state index contributed by atoms with van der Waals surface area (Å²) < 4.78 is 67.6. The van der Waals surface area contributed by atoms with Gasteiger partial charge in [-0.1, -0.05) is 19.4 Å². The Kier molecular flexibility index (Phi) is 8.22. The van der Waals surface area contributed by atoms with Crippen molar-refractivity contribution in [3.05, 3.63) is 54.3 Å². The molecule has 2 aromatic carbocycles. The first-order valence-electron chi connectivity index (χ1n) is 10.8. The summed E-state index contributed by atoms with van der Waals surface area (Å²) in [6.07, 6.45) is 2.56. The lowest BCUT2D eigenvalue weighted by molar-refractivity contribution is -0.120. The van der Waals surface area contributed by atoms with Gasteiger partial charge < -0.3 is 5.32 Å². The number of halogens is 1. The number of amides is 1. The molecule has 0 saturated carbocycles. The lowest BCUT2D eigenvalue weighted by Crippen LogP contribution is -2.43. The number of piperidine rings is 1. The van der Waals surface area contributed by atoms with Crippen molar-refractivity contribution in [3.8, 4) is 0 Å². The van der Waals surface area contributed by atoms with Crippen LogP contribution < -0.4 is 10.0 Å². The normalized spacial score (nSPS) is 17.6. The Morgan fingerprint density at radius 1 is 1.09 bits per heavy atom. The number of carbonyl (C=O) groups is 1. The van der Waals surface area contributed by atoms with E-state index >= 15 is 0 Å². The van der Waals surface area contributed by atoms with E-state index in [0.29, 0.717) is 31.5 Å². The fourth-order valence-electron chi connectivity index (χ4n) is 3.58. The number of carbonyl (C=O) groups excluding carboxylic acids is 1. The molecule has 2 aromatic rings. The van der Waals surface area contributed by atoms with E-state index < -0.39 is 31.8 Å². The zero-order chi connectivity index (χ0) is 24.1. The van der Waals surface area contributed by atoms with Crippen molar-refractivity contribution in [1.29, 1.82) is 0 Å². The van der Waals surface area contributed by atoms with E-state index in [9.17, 15) is 26.0 Å². The molecule has 2 N–H and O–H groups in total. The minimum atomic E-state index is -3.86. The maximum atomic E-state index is 13.2. The maximum absolute atomic E-state index is 13.2. The number of nitrogens with one attached hydrogen (secondary N) is 2. The molecule has 8 nitrogen and oxygen atoms in total. The van der Waals surface area contributed by atoms with E-state index in [-0.39, 0.29) is 28.8 Å². The molecule has 1 heterocycles. The summed E-state index contributed by atoms with van der Waals surface area (Å²) in [5, 5.41) is 2.71. The number of sulfonamides is 2. The Hall–Kier alpha value is -2.34. The second-order valence-corrected chi connectivity index (χ2v) is 11.6. The van der Waals surface area contributed by atoms with Crippen LogP contribution in [0.25, 0.3) is 0 Å². The molecule has 1 saturated heterocycles. The maximum Gasteiger partial charge on any atom is 0.243 e. The standard InChI is InChI=1S/C22H28FN3O5S2/c1-2-3-13-24-32(28,29)21-8-4-7-19(15-21)25-22(27)17-6-5-14-26(16-17)33(30,31)20-11-9-18(23)10-12-20/h4,7-12,15,17,24H,2-3,5-6,13-14,16H2,1H3,(H,25,27). The third-order valence-electron chi connectivity index (χ3n) is 5.44. The van der Waals surface area contributed by atoms with Gasteiger partial charge in [0.15, 0.2) is 0 Å². The van der Waals surface area contributed by atoms with Gasteiger partial charge in [0.05, 0.1) is 15.7 Å². The highest BCUT2D eigenvalue weighted by Gasteiger charge is 2.33. The molecule has 1 unspecified atom stereocenters. The van der Waals surface area contributed by atoms with E-state index in [1.54, 1.807) is 6.07 Å². The highest BCUT2D eigenvalue weighted by Crippen LogP contribution is 2.25. The second-order valence-electron chi connectivity index (χ2n) is 7.92. The van der Waals surface area contributed by atoms with Gasteiger partial charge in [0.1, 0.15) is 5.82 Å². The molecule has 1 aliphatic heterocycles. The molecule has 1 atom stereocenters. The van der Waals surface area contributed by atoms with Crippen molar-refractivity contribution in [1.82, 2.24) is 9.03 Å². The van der Waals surface area contributed by atoms with E-state index in [1.807, 2.05) is 6.92 Å². The van der Waals surface area contributed by atoms with Crippen molar-refractivity contribution in [2.24, 2.45) is 5.92 Å². The number of unbranched alkanes of at least 4 members (excludes halogenated alkanes) is 1. The van der Waals surface area contributed by atoms with Gasteiger partial charge in [0, 0.05) is 25.3 Å². The molecule has 33 heavy (non-hydrogen) atoms. The van der Waals surface area contributed by atoms with E-state index in [1.165, 1.54) is 34.6 Å². The fourth-order valence-corrected chi connectivity index (χ4v) is 6.23. The molecule has 180 valence electrons. The van der Waals surface area contributed by atoms with Gasteiger partial charge >= 0.3 is 0 Å². The first-order valence-corrected chi connectivity index (χ1v) is 13.7. The molecule has 1 fully saturated rings. The third kappa shape index (κ3) is 6.38. The van der Waals surface area contributed by atoms with Gasteiger partial charge in [-0.2, -0.15) is 4.31 Å². The number of rotatable bonds is 9. The topological polar surface area (TPSA) is 113 Å². The quantitative estimate of drug-likeness (QED) is 0.517. The molecular formula is C22H28FN3O5S2. The molecule has 0 aromatic heterocycles. The minimum Gasteiger partial charge on any atom is -0.326 e. The van der Waals surface area contributed by atoms with Crippen LogP contribution in [-0.2, 0) is 24.8 Å². The van der Waals surface area contributed by atoms with Gasteiger partial charge in [-0.25, -0.2) is 25.9 Å². The zero-order valence-electron chi connectivity index (χ0n) is 18.3. The first-order chi connectivity index (χ1) is 15.6. The van der Waals surface area contributed by atoms with E-state index in [4.69, 9.17) is 0 Å². The van der Waals surface area contributed by atoms with Gasteiger partial charge in [-0.15, -0.1) is 0 Å². The van der Waals surface area contributed by atoms with Gasteiger partial charge in [0.25, 0.3) is 0 Å². The van der Waals surface area contributed by atoms with E-state index in [0.717, 1.165) is 18.6 Å². The predicted octanol–water partition coefficient (Wildman–Crippen LogP) is 2.94. The Bertz CT molecular complexity index is 1180. The predicted molar refractivity (Wildman–Crippen MR) is 123 cm³/mol. The summed E-state index contributed by atoms with van der Waals surface area (Å²) in [4.78, 5) is 12.9. The molecule has 1 aliphatic rings. The van der Waals surface area contributed by atoms with E-state index in [2.05, 4.69) is 10.0 Å². The van der Waals surface area contributed by atoms with Crippen molar-refractivity contribution >= 4 is 31.6 Å². The summed E-state index contributed by atoms with van der Waals surface area (Å²) in [7, 11) is -7.55. The van der Waals surface area contributed by atoms with Crippen LogP contribution in [0.4, 0.5) is 10.1 Å². The third-order valence-corrected chi connectivity index (χ3v) is 8.78. The minimum absolute atomic E-state index is 0.0118. The first kappa shape index (κ1) is 25.3. The summed E-state index contributed by atoms with van der Waals surface area (Å²) in [5.74, 6) is -1.52. The molecule has 3 rings (SSSR count). The van der Waals surface area contributed by atoms with Crippen molar-refractivity contribution in [2.75, 3.05) is 25.0 Å². The van der Waals surface area contributed by atoms with Crippen LogP contribution in [0.5, 0.6) is 0 Å². The van der Waals surface area contributed by atoms with Crippen LogP contribution in [0.1, 0.15) is 32.6 Å². The number of nitrogens with zero attached hydrogens (tertiary/aromatic N) is 1. The molecule has 0 radical (unpaired) electrons. The Morgan fingerprint density at radius 2 is 1.82 bits per heavy atom. The molecule has 1 amide bonds. The highest BCUT2D eigenvalue weighted by atomic mass is 32.2. The molecular weight excluding hydrogens is 469 g/mol. The van der Waals surface area contributed by atoms with Crippen LogP contribution in [0.2, 0.25) is 0 Å². The summed E-state index contributed by atoms with van der Waals surface area (Å²) in [5.41, 5.74) is 0.317. The second kappa shape index (κ2) is 10.7. The number of benzene rings is 2. The monoisotopic (exact) mass is 497 g/mol. The lowest BCUT2D eigenvalue weighted by atomic mass is 9.99. The molecule has 11 heteroatoms. The average Bonchev–Trinajstić information content (AvgIpc) is 2.80. The largest absolute Gasteiger partial charge is 0.326 e. The number of hydrogen-bond acceptors (Lipinski definition) is 5. The number of hydrogen-bond donors (Lipinski definition) is 2. The highest BCUT2D eigenvalue weighted by molar-refractivity contribution is 7.89. The van der Waals surface area contributed by atoms with Crippen molar-refractivity contribution in [3.63, 3.8) is 0 Å². The van der Waals surface area contributed by atoms with Crippen LogP contribution in [0, 0.1) is 11.7 Å². The Labute approximate surface area is 194 Å². The molecule has 0 bridgehead atoms. The average molecular weight is 498 g/mol. The van der Waals surface area contributed by atoms with Crippen LogP contribution in [-0.4, -0.2) is 46.7 Å².